The third-order valence-corrected chi connectivity index (χ3v) is 6.49. The number of nitrogens with one attached hydrogen (secondary N) is 1. The van der Waals surface area contributed by atoms with Gasteiger partial charge in [-0.25, -0.2) is 8.42 Å². The van der Waals surface area contributed by atoms with Crippen LogP contribution < -0.4 is 5.32 Å². The van der Waals surface area contributed by atoms with Gasteiger partial charge in [-0.2, -0.15) is 0 Å². The quantitative estimate of drug-likeness (QED) is 0.782. The van der Waals surface area contributed by atoms with Gasteiger partial charge in [0.15, 0.2) is 15.6 Å². The zero-order chi connectivity index (χ0) is 19.4. The molecule has 3 rings (SSSR count). The lowest BCUT2D eigenvalue weighted by atomic mass is 9.86. The molecule has 1 saturated carbocycles. The van der Waals surface area contributed by atoms with Crippen molar-refractivity contribution in [3.8, 4) is 0 Å². The smallest absolute Gasteiger partial charge is 0.306 e. The molecule has 1 aromatic carbocycles. The lowest BCUT2D eigenvalue weighted by Gasteiger charge is -2.26. The molecule has 0 atom stereocenters. The molecule has 1 aliphatic carbocycles. The minimum absolute atomic E-state index is 0.0186. The van der Waals surface area contributed by atoms with Gasteiger partial charge in [0.05, 0.1) is 22.8 Å². The molecule has 0 saturated heterocycles. The number of carbonyl (C=O) groups excluding carboxylic acids is 1. The van der Waals surface area contributed by atoms with E-state index in [4.69, 9.17) is 9.52 Å². The predicted molar refractivity (Wildman–Crippen MR) is 96.9 cm³/mol. The van der Waals surface area contributed by atoms with Crippen LogP contribution in [0.3, 0.4) is 0 Å². The van der Waals surface area contributed by atoms with Gasteiger partial charge in [-0.05, 0) is 43.9 Å². The second-order valence-corrected chi connectivity index (χ2v) is 8.70. The molecule has 0 bridgehead atoms. The Morgan fingerprint density at radius 3 is 2.37 bits per heavy atom. The molecular weight excluding hydrogens is 370 g/mol. The number of furan rings is 1. The summed E-state index contributed by atoms with van der Waals surface area (Å²) in [6.07, 6.45) is 3.45. The summed E-state index contributed by atoms with van der Waals surface area (Å²) in [6, 6.07) is 9.38. The van der Waals surface area contributed by atoms with E-state index in [1.807, 2.05) is 0 Å². The highest BCUT2D eigenvalue weighted by Crippen LogP contribution is 2.25. The maximum Gasteiger partial charge on any atom is 0.306 e. The summed E-state index contributed by atoms with van der Waals surface area (Å²) in [5.41, 5.74) is 0.301. The monoisotopic (exact) mass is 391 g/mol. The summed E-state index contributed by atoms with van der Waals surface area (Å²) in [5, 5.41) is 11.9. The van der Waals surface area contributed by atoms with Gasteiger partial charge < -0.3 is 14.8 Å². The Hall–Kier alpha value is -2.61. The van der Waals surface area contributed by atoms with E-state index in [9.17, 15) is 18.0 Å². The van der Waals surface area contributed by atoms with Crippen molar-refractivity contribution in [3.05, 3.63) is 54.0 Å². The zero-order valence-corrected chi connectivity index (χ0v) is 15.4. The molecule has 144 valence electrons. The van der Waals surface area contributed by atoms with E-state index < -0.39 is 21.7 Å². The Bertz CT molecular complexity index is 911. The molecule has 1 heterocycles. The molecule has 1 amide bonds. The fourth-order valence-electron chi connectivity index (χ4n) is 3.30. The van der Waals surface area contributed by atoms with E-state index in [1.165, 1.54) is 24.5 Å². The van der Waals surface area contributed by atoms with Gasteiger partial charge in [0.2, 0.25) is 0 Å². The van der Waals surface area contributed by atoms with Crippen molar-refractivity contribution < 1.29 is 27.5 Å². The highest BCUT2D eigenvalue weighted by atomic mass is 32.2. The van der Waals surface area contributed by atoms with Crippen molar-refractivity contribution in [2.24, 2.45) is 5.92 Å². The van der Waals surface area contributed by atoms with Crippen LogP contribution in [0.2, 0.25) is 0 Å². The Morgan fingerprint density at radius 2 is 1.74 bits per heavy atom. The number of carboxylic acids is 1. The van der Waals surface area contributed by atoms with Crippen molar-refractivity contribution in [2.45, 2.75) is 42.4 Å². The number of sulfone groups is 1. The molecule has 0 unspecified atom stereocenters. The summed E-state index contributed by atoms with van der Waals surface area (Å²) < 4.78 is 30.3. The molecule has 1 aromatic heterocycles. The topological polar surface area (TPSA) is 114 Å². The van der Waals surface area contributed by atoms with E-state index in [1.54, 1.807) is 18.2 Å². The molecular formula is C19H21NO6S. The zero-order valence-electron chi connectivity index (χ0n) is 14.6. The number of hydrogen-bond donors (Lipinski definition) is 2. The van der Waals surface area contributed by atoms with Gasteiger partial charge in [0.1, 0.15) is 0 Å². The summed E-state index contributed by atoms with van der Waals surface area (Å²) >= 11 is 0. The van der Waals surface area contributed by atoms with E-state index in [0.717, 1.165) is 0 Å². The molecule has 0 spiro atoms. The van der Waals surface area contributed by atoms with Crippen LogP contribution >= 0.6 is 0 Å². The van der Waals surface area contributed by atoms with Crippen molar-refractivity contribution >= 4 is 21.7 Å². The lowest BCUT2D eigenvalue weighted by molar-refractivity contribution is -0.142. The minimum atomic E-state index is -3.59. The van der Waals surface area contributed by atoms with Gasteiger partial charge >= 0.3 is 5.97 Å². The van der Waals surface area contributed by atoms with Crippen molar-refractivity contribution in [1.29, 1.82) is 0 Å². The first-order valence-corrected chi connectivity index (χ1v) is 10.4. The maximum atomic E-state index is 12.5. The van der Waals surface area contributed by atoms with Gasteiger partial charge in [-0.3, -0.25) is 9.59 Å². The lowest BCUT2D eigenvalue weighted by Crippen LogP contribution is -2.38. The summed E-state index contributed by atoms with van der Waals surface area (Å²) in [7, 11) is -3.59. The Labute approximate surface area is 157 Å². The summed E-state index contributed by atoms with van der Waals surface area (Å²) in [6.45, 7) is 0. The average molecular weight is 391 g/mol. The highest BCUT2D eigenvalue weighted by molar-refractivity contribution is 7.90. The number of benzene rings is 1. The summed E-state index contributed by atoms with van der Waals surface area (Å²) in [4.78, 5) is 23.7. The molecule has 0 radical (unpaired) electrons. The van der Waals surface area contributed by atoms with Crippen molar-refractivity contribution in [2.75, 3.05) is 0 Å². The average Bonchev–Trinajstić information content (AvgIpc) is 3.10. The van der Waals surface area contributed by atoms with Crippen LogP contribution in [0.4, 0.5) is 0 Å². The second kappa shape index (κ2) is 7.96. The van der Waals surface area contributed by atoms with Crippen LogP contribution in [-0.4, -0.2) is 31.4 Å². The number of rotatable bonds is 6. The molecule has 1 fully saturated rings. The van der Waals surface area contributed by atoms with Crippen LogP contribution in [0.15, 0.2) is 52.0 Å². The number of aliphatic carboxylic acids is 1. The van der Waals surface area contributed by atoms with Crippen LogP contribution in [0.5, 0.6) is 0 Å². The molecule has 27 heavy (non-hydrogen) atoms. The maximum absolute atomic E-state index is 12.5. The number of amides is 1. The number of carbonyl (C=O) groups is 2. The normalized spacial score (nSPS) is 20.1. The van der Waals surface area contributed by atoms with Crippen LogP contribution in [0, 0.1) is 5.92 Å². The first-order valence-electron chi connectivity index (χ1n) is 8.74. The fourth-order valence-corrected chi connectivity index (χ4v) is 4.68. The standard InChI is InChI=1S/C19H21NO6S/c21-18(20-15-8-6-13(7-9-15)19(22)23)17-14(10-11-26-17)12-27(24,25)16-4-2-1-3-5-16/h1-5,10-11,13,15H,6-9,12H2,(H,20,21)(H,22,23). The first-order chi connectivity index (χ1) is 12.9. The Morgan fingerprint density at radius 1 is 1.07 bits per heavy atom. The SMILES string of the molecule is O=C(NC1CCC(C(=O)O)CC1)c1occc1CS(=O)(=O)c1ccccc1. The molecule has 2 N–H and O–H groups in total. The first kappa shape index (κ1) is 19.2. The third kappa shape index (κ3) is 4.57. The minimum Gasteiger partial charge on any atom is -0.481 e. The van der Waals surface area contributed by atoms with Crippen LogP contribution in [0.25, 0.3) is 0 Å². The Kier molecular flexibility index (Phi) is 5.65. The predicted octanol–water partition coefficient (Wildman–Crippen LogP) is 2.63. The second-order valence-electron chi connectivity index (χ2n) is 6.71. The molecule has 2 aromatic rings. The molecule has 7 nitrogen and oxygen atoms in total. The molecule has 0 aliphatic heterocycles. The summed E-state index contributed by atoms with van der Waals surface area (Å²) in [5.74, 6) is -2.00. The van der Waals surface area contributed by atoms with Gasteiger partial charge in [0, 0.05) is 11.6 Å². The number of hydrogen-bond acceptors (Lipinski definition) is 5. The van der Waals surface area contributed by atoms with Crippen molar-refractivity contribution in [1.82, 2.24) is 5.32 Å². The molecule has 8 heteroatoms. The van der Waals surface area contributed by atoms with Gasteiger partial charge in [-0.1, -0.05) is 18.2 Å². The molecule has 1 aliphatic rings. The van der Waals surface area contributed by atoms with Crippen molar-refractivity contribution in [3.63, 3.8) is 0 Å². The fraction of sp³-hybridized carbons (Fsp3) is 0.368. The van der Waals surface area contributed by atoms with Crippen LogP contribution in [0.1, 0.15) is 41.8 Å². The largest absolute Gasteiger partial charge is 0.481 e. The van der Waals surface area contributed by atoms with Gasteiger partial charge in [0.25, 0.3) is 5.91 Å². The van der Waals surface area contributed by atoms with E-state index in [-0.39, 0.29) is 28.4 Å². The number of carboxylic acid groups (broad SMARTS) is 1. The van der Waals surface area contributed by atoms with E-state index >= 15 is 0 Å². The van der Waals surface area contributed by atoms with E-state index in [0.29, 0.717) is 31.2 Å². The Balaban J connectivity index is 1.66. The van der Waals surface area contributed by atoms with Gasteiger partial charge in [-0.15, -0.1) is 0 Å². The highest BCUT2D eigenvalue weighted by Gasteiger charge is 2.28. The third-order valence-electron chi connectivity index (χ3n) is 4.81. The van der Waals surface area contributed by atoms with Crippen LogP contribution in [-0.2, 0) is 20.4 Å². The van der Waals surface area contributed by atoms with E-state index in [2.05, 4.69) is 5.32 Å².